The van der Waals surface area contributed by atoms with E-state index in [9.17, 15) is 4.79 Å². The lowest BCUT2D eigenvalue weighted by Crippen LogP contribution is -2.40. The Morgan fingerprint density at radius 2 is 2.08 bits per heavy atom. The van der Waals surface area contributed by atoms with Crippen molar-refractivity contribution in [3.8, 4) is 0 Å². The molecule has 132 valence electrons. The van der Waals surface area contributed by atoms with Gasteiger partial charge >= 0.3 is 0 Å². The molecule has 1 aromatic carbocycles. The zero-order valence-corrected chi connectivity index (χ0v) is 14.7. The third kappa shape index (κ3) is 4.31. The molecule has 1 aromatic heterocycles. The molecule has 0 aliphatic carbocycles. The van der Waals surface area contributed by atoms with Crippen molar-refractivity contribution in [2.75, 3.05) is 38.7 Å². The van der Waals surface area contributed by atoms with Crippen LogP contribution < -0.4 is 11.1 Å². The van der Waals surface area contributed by atoms with Gasteiger partial charge in [-0.15, -0.1) is 0 Å². The predicted molar refractivity (Wildman–Crippen MR) is 96.0 cm³/mol. The van der Waals surface area contributed by atoms with Crippen LogP contribution in [0, 0.1) is 0 Å². The molecule has 0 fully saturated rings. The van der Waals surface area contributed by atoms with Crippen molar-refractivity contribution in [1.82, 2.24) is 14.5 Å². The molecule has 24 heavy (non-hydrogen) atoms. The van der Waals surface area contributed by atoms with Crippen molar-refractivity contribution >= 4 is 22.9 Å². The minimum Gasteiger partial charge on any atom is -0.383 e. The molecular formula is C17H27N5O2. The van der Waals surface area contributed by atoms with Crippen LogP contribution in [0.1, 0.15) is 13.8 Å². The van der Waals surface area contributed by atoms with Crippen LogP contribution in [0.2, 0.25) is 0 Å². The highest BCUT2D eigenvalue weighted by molar-refractivity contribution is 5.95. The number of methoxy groups -OCH3 is 1. The minimum absolute atomic E-state index is 0.172. The van der Waals surface area contributed by atoms with Crippen molar-refractivity contribution < 1.29 is 9.53 Å². The van der Waals surface area contributed by atoms with Gasteiger partial charge < -0.3 is 19.9 Å². The molecule has 2 rings (SSSR count). The Hall–Kier alpha value is -1.96. The van der Waals surface area contributed by atoms with Gasteiger partial charge in [-0.05, 0) is 25.2 Å². The number of anilines is 1. The number of nitrogens with one attached hydrogen (secondary N) is 1. The number of carbonyl (C=O) groups excluding carboxylic acids is 1. The van der Waals surface area contributed by atoms with E-state index in [4.69, 9.17) is 10.5 Å². The molecule has 7 nitrogen and oxygen atoms in total. The summed E-state index contributed by atoms with van der Waals surface area (Å²) >= 11 is 0. The molecule has 1 amide bonds. The lowest BCUT2D eigenvalue weighted by molar-refractivity contribution is -0.118. The zero-order valence-electron chi connectivity index (χ0n) is 14.7. The summed E-state index contributed by atoms with van der Waals surface area (Å²) in [5, 5.41) is 2.83. The van der Waals surface area contributed by atoms with Crippen molar-refractivity contribution in [2.24, 2.45) is 5.73 Å². The number of benzene rings is 1. The van der Waals surface area contributed by atoms with Gasteiger partial charge in [0, 0.05) is 20.2 Å². The monoisotopic (exact) mass is 333 g/mol. The van der Waals surface area contributed by atoms with E-state index < -0.39 is 6.04 Å². The summed E-state index contributed by atoms with van der Waals surface area (Å²) in [6, 6.07) is 7.14. The number of fused-ring (bicyclic) bond motifs is 1. The van der Waals surface area contributed by atoms with E-state index in [0.29, 0.717) is 5.95 Å². The van der Waals surface area contributed by atoms with Crippen LogP contribution in [0.25, 0.3) is 11.0 Å². The van der Waals surface area contributed by atoms with Gasteiger partial charge in [-0.3, -0.25) is 10.1 Å². The summed E-state index contributed by atoms with van der Waals surface area (Å²) in [7, 11) is 1.52. The fraction of sp³-hybridized carbons (Fsp3) is 0.529. The largest absolute Gasteiger partial charge is 0.383 e. The maximum atomic E-state index is 12.2. The molecule has 0 saturated heterocycles. The Labute approximate surface area is 142 Å². The molecule has 1 heterocycles. The molecule has 0 radical (unpaired) electrons. The fourth-order valence-corrected chi connectivity index (χ4v) is 2.64. The molecule has 0 bridgehead atoms. The van der Waals surface area contributed by atoms with E-state index in [1.165, 1.54) is 7.11 Å². The predicted octanol–water partition coefficient (Wildman–Crippen LogP) is 1.29. The lowest BCUT2D eigenvalue weighted by atomic mass is 10.3. The van der Waals surface area contributed by atoms with Crippen LogP contribution in [-0.2, 0) is 16.1 Å². The first-order valence-electron chi connectivity index (χ1n) is 8.33. The number of aromatic nitrogens is 2. The van der Waals surface area contributed by atoms with Gasteiger partial charge in [-0.1, -0.05) is 26.0 Å². The first kappa shape index (κ1) is 18.4. The Morgan fingerprint density at radius 1 is 1.38 bits per heavy atom. The Bertz CT molecular complexity index is 666. The zero-order chi connectivity index (χ0) is 17.5. The molecule has 1 unspecified atom stereocenters. The highest BCUT2D eigenvalue weighted by atomic mass is 16.5. The highest BCUT2D eigenvalue weighted by Crippen LogP contribution is 2.19. The summed E-state index contributed by atoms with van der Waals surface area (Å²) in [5.41, 5.74) is 7.66. The van der Waals surface area contributed by atoms with Gasteiger partial charge in [-0.2, -0.15) is 0 Å². The third-order valence-corrected chi connectivity index (χ3v) is 4.11. The normalized spacial score (nSPS) is 12.7. The van der Waals surface area contributed by atoms with Crippen molar-refractivity contribution in [1.29, 1.82) is 0 Å². The molecule has 0 aliphatic rings. The van der Waals surface area contributed by atoms with Crippen LogP contribution in [0.5, 0.6) is 0 Å². The number of rotatable bonds is 9. The maximum Gasteiger partial charge on any atom is 0.245 e. The fourth-order valence-electron chi connectivity index (χ4n) is 2.64. The molecular weight excluding hydrogens is 306 g/mol. The highest BCUT2D eigenvalue weighted by Gasteiger charge is 2.18. The number of likely N-dealkylation sites (N-methyl/N-ethyl adjacent to an activating group) is 1. The molecule has 3 N–H and O–H groups in total. The Kier molecular flexibility index (Phi) is 6.72. The Morgan fingerprint density at radius 3 is 2.75 bits per heavy atom. The van der Waals surface area contributed by atoms with Crippen LogP contribution >= 0.6 is 0 Å². The van der Waals surface area contributed by atoms with E-state index in [-0.39, 0.29) is 12.5 Å². The number of para-hydroxylation sites is 2. The average Bonchev–Trinajstić information content (AvgIpc) is 2.93. The molecule has 0 spiro atoms. The number of amides is 1. The molecule has 7 heteroatoms. The number of ether oxygens (including phenoxy) is 1. The van der Waals surface area contributed by atoms with E-state index in [1.807, 2.05) is 28.8 Å². The SMILES string of the molecule is CCN(CC)CCn1c(NC(=O)C(N)COC)nc2ccccc21. The number of hydrogen-bond acceptors (Lipinski definition) is 5. The standard InChI is InChI=1S/C17H27N5O2/c1-4-21(5-2)10-11-22-15-9-7-6-8-14(15)19-17(22)20-16(23)13(18)12-24-3/h6-9,13H,4-5,10-12,18H2,1-3H3,(H,19,20,23). The maximum absolute atomic E-state index is 12.2. The first-order valence-corrected chi connectivity index (χ1v) is 8.33. The third-order valence-electron chi connectivity index (χ3n) is 4.11. The van der Waals surface area contributed by atoms with Crippen LogP contribution in [0.3, 0.4) is 0 Å². The number of carbonyl (C=O) groups is 1. The van der Waals surface area contributed by atoms with E-state index in [2.05, 4.69) is 29.0 Å². The van der Waals surface area contributed by atoms with Crippen LogP contribution in [0.4, 0.5) is 5.95 Å². The number of imidazole rings is 1. The van der Waals surface area contributed by atoms with Gasteiger partial charge in [0.15, 0.2) is 0 Å². The second-order valence-electron chi connectivity index (χ2n) is 5.65. The summed E-state index contributed by atoms with van der Waals surface area (Å²) in [4.78, 5) is 19.1. The van der Waals surface area contributed by atoms with Gasteiger partial charge in [0.2, 0.25) is 11.9 Å². The number of nitrogens with two attached hydrogens (primary N) is 1. The summed E-state index contributed by atoms with van der Waals surface area (Å²) in [5.74, 6) is 0.233. The minimum atomic E-state index is -0.717. The van der Waals surface area contributed by atoms with Gasteiger partial charge in [0.25, 0.3) is 0 Å². The molecule has 2 aromatic rings. The number of nitrogens with zero attached hydrogens (tertiary/aromatic N) is 3. The second-order valence-corrected chi connectivity index (χ2v) is 5.65. The van der Waals surface area contributed by atoms with Crippen molar-refractivity contribution in [3.05, 3.63) is 24.3 Å². The summed E-state index contributed by atoms with van der Waals surface area (Å²) in [6.07, 6.45) is 0. The van der Waals surface area contributed by atoms with E-state index in [0.717, 1.165) is 37.2 Å². The second kappa shape index (κ2) is 8.77. The average molecular weight is 333 g/mol. The smallest absolute Gasteiger partial charge is 0.245 e. The van der Waals surface area contributed by atoms with Crippen LogP contribution in [0.15, 0.2) is 24.3 Å². The molecule has 1 atom stereocenters. The van der Waals surface area contributed by atoms with Gasteiger partial charge in [0.1, 0.15) is 6.04 Å². The first-order chi connectivity index (χ1) is 11.6. The number of hydrogen-bond donors (Lipinski definition) is 2. The summed E-state index contributed by atoms with van der Waals surface area (Å²) in [6.45, 7) is 8.07. The van der Waals surface area contributed by atoms with Crippen molar-refractivity contribution in [3.63, 3.8) is 0 Å². The molecule has 0 saturated carbocycles. The van der Waals surface area contributed by atoms with E-state index in [1.54, 1.807) is 0 Å². The van der Waals surface area contributed by atoms with E-state index >= 15 is 0 Å². The Balaban J connectivity index is 2.24. The van der Waals surface area contributed by atoms with Gasteiger partial charge in [0.05, 0.1) is 17.6 Å². The lowest BCUT2D eigenvalue weighted by Gasteiger charge is -2.19. The summed E-state index contributed by atoms with van der Waals surface area (Å²) < 4.78 is 6.97. The topological polar surface area (TPSA) is 85.4 Å². The van der Waals surface area contributed by atoms with Crippen molar-refractivity contribution in [2.45, 2.75) is 26.4 Å². The van der Waals surface area contributed by atoms with Gasteiger partial charge in [-0.25, -0.2) is 4.98 Å². The molecule has 0 aliphatic heterocycles. The quantitative estimate of drug-likeness (QED) is 0.722. The van der Waals surface area contributed by atoms with Crippen LogP contribution in [-0.4, -0.2) is 59.8 Å².